The largest absolute Gasteiger partial charge is 0.349 e. The van der Waals surface area contributed by atoms with Gasteiger partial charge in [-0.25, -0.2) is 9.78 Å². The van der Waals surface area contributed by atoms with E-state index in [2.05, 4.69) is 34.9 Å². The number of H-pyrrole nitrogens is 1. The number of hydrogen-bond donors (Lipinski definition) is 1. The summed E-state index contributed by atoms with van der Waals surface area (Å²) in [4.78, 5) is 35.0. The zero-order valence-electron chi connectivity index (χ0n) is 16.3. The van der Waals surface area contributed by atoms with Gasteiger partial charge in [0.2, 0.25) is 0 Å². The molecule has 0 aromatic heterocycles. The van der Waals surface area contributed by atoms with Gasteiger partial charge in [0.15, 0.2) is 11.5 Å². The van der Waals surface area contributed by atoms with E-state index >= 15 is 0 Å². The Balaban J connectivity index is 1.81. The van der Waals surface area contributed by atoms with Crippen LogP contribution in [0.4, 0.5) is 0 Å². The van der Waals surface area contributed by atoms with Gasteiger partial charge in [-0.1, -0.05) is 30.7 Å². The molecular formula is C22H21ClN4O2. The first-order chi connectivity index (χ1) is 14.0. The fourth-order valence-corrected chi connectivity index (χ4v) is 3.81. The highest BCUT2D eigenvalue weighted by molar-refractivity contribution is 6.30. The van der Waals surface area contributed by atoms with E-state index in [0.717, 1.165) is 35.9 Å². The first-order valence-electron chi connectivity index (χ1n) is 9.65. The molecule has 6 nitrogen and oxygen atoms in total. The molecular weight excluding hydrogens is 388 g/mol. The molecule has 0 radical (unpaired) electrons. The summed E-state index contributed by atoms with van der Waals surface area (Å²) in [7, 11) is 0. The van der Waals surface area contributed by atoms with Crippen molar-refractivity contribution in [3.8, 4) is 11.5 Å². The lowest BCUT2D eigenvalue weighted by atomic mass is 10.0. The summed E-state index contributed by atoms with van der Waals surface area (Å²) < 4.78 is 1.94. The highest BCUT2D eigenvalue weighted by atomic mass is 35.5. The van der Waals surface area contributed by atoms with Crippen LogP contribution in [-0.4, -0.2) is 19.5 Å². The van der Waals surface area contributed by atoms with Gasteiger partial charge < -0.3 is 4.57 Å². The van der Waals surface area contributed by atoms with Crippen LogP contribution in [-0.2, 0) is 19.4 Å². The number of halogens is 1. The quantitative estimate of drug-likeness (QED) is 0.510. The van der Waals surface area contributed by atoms with Crippen molar-refractivity contribution < 1.29 is 0 Å². The molecule has 0 amide bonds. The van der Waals surface area contributed by atoms with Crippen LogP contribution < -0.4 is 11.2 Å². The van der Waals surface area contributed by atoms with Gasteiger partial charge in [-0.15, -0.1) is 0 Å². The summed E-state index contributed by atoms with van der Waals surface area (Å²) in [6, 6.07) is 11.8. The topological polar surface area (TPSA) is 80.6 Å². The fraction of sp³-hybridized carbons (Fsp3) is 0.273. The first kappa shape index (κ1) is 19.3. The second-order valence-electron chi connectivity index (χ2n) is 7.16. The zero-order chi connectivity index (χ0) is 20.5. The van der Waals surface area contributed by atoms with Crippen LogP contribution in [0.2, 0.25) is 5.02 Å². The number of aryl methyl sites for hydroxylation is 4. The maximum absolute atomic E-state index is 12.4. The van der Waals surface area contributed by atoms with Crippen LogP contribution in [0, 0.1) is 6.92 Å². The van der Waals surface area contributed by atoms with E-state index in [0.29, 0.717) is 17.4 Å². The lowest BCUT2D eigenvalue weighted by Crippen LogP contribution is -2.29. The molecule has 7 heteroatoms. The van der Waals surface area contributed by atoms with E-state index in [1.165, 1.54) is 11.1 Å². The van der Waals surface area contributed by atoms with Crippen molar-refractivity contribution in [2.45, 2.75) is 39.7 Å². The predicted molar refractivity (Wildman–Crippen MR) is 115 cm³/mol. The number of aromatic amines is 1. The monoisotopic (exact) mass is 408 g/mol. The standard InChI is InChI=1S/C22H21ClN4O2/c1-3-15-12-17-18(11-13(15)2)27(10-4-5-14-6-8-16(23)9-7-14)20-19(24-17)21(28)26-22(29)25-20/h6-9,11-12H,3-5,10H2,1-2H3,(H,26,28,29). The normalized spacial score (nSPS) is 11.4. The summed E-state index contributed by atoms with van der Waals surface area (Å²) in [5, 5.41) is 0.711. The van der Waals surface area contributed by atoms with Crippen molar-refractivity contribution in [1.82, 2.24) is 19.5 Å². The van der Waals surface area contributed by atoms with Crippen LogP contribution in [0.1, 0.15) is 30.0 Å². The Morgan fingerprint density at radius 1 is 1.10 bits per heavy atom. The van der Waals surface area contributed by atoms with Gasteiger partial charge in [-0.05, 0) is 67.1 Å². The van der Waals surface area contributed by atoms with E-state index in [1.807, 2.05) is 34.9 Å². The lowest BCUT2D eigenvalue weighted by molar-refractivity contribution is 0.648. The molecule has 0 saturated heterocycles. The average molecular weight is 409 g/mol. The number of nitrogens with zero attached hydrogens (tertiary/aromatic N) is 3. The minimum absolute atomic E-state index is 0.189. The molecule has 0 fully saturated rings. The van der Waals surface area contributed by atoms with Crippen molar-refractivity contribution >= 4 is 22.6 Å². The SMILES string of the molecule is CCc1cc2nc3c(=O)[nH]c(=O)nc-3n(CCCc3ccc(Cl)cc3)c2cc1C. The molecule has 29 heavy (non-hydrogen) atoms. The van der Waals surface area contributed by atoms with E-state index < -0.39 is 11.2 Å². The van der Waals surface area contributed by atoms with Crippen LogP contribution in [0.5, 0.6) is 0 Å². The minimum Gasteiger partial charge on any atom is -0.322 e. The van der Waals surface area contributed by atoms with Crippen molar-refractivity contribution in [2.24, 2.45) is 0 Å². The average Bonchev–Trinajstić information content (AvgIpc) is 2.69. The third-order valence-corrected chi connectivity index (χ3v) is 5.46. The van der Waals surface area contributed by atoms with Gasteiger partial charge in [-0.2, -0.15) is 4.98 Å². The summed E-state index contributed by atoms with van der Waals surface area (Å²) in [6.07, 6.45) is 2.54. The Hall–Kier alpha value is -2.99. The number of rotatable bonds is 5. The number of nitrogens with one attached hydrogen (secondary N) is 1. The van der Waals surface area contributed by atoms with Crippen molar-refractivity contribution in [3.63, 3.8) is 0 Å². The van der Waals surface area contributed by atoms with Crippen molar-refractivity contribution in [2.75, 3.05) is 0 Å². The molecule has 2 heterocycles. The summed E-state index contributed by atoms with van der Waals surface area (Å²) in [6.45, 7) is 4.76. The fourth-order valence-electron chi connectivity index (χ4n) is 3.69. The number of aromatic nitrogens is 4. The smallest absolute Gasteiger partial charge is 0.322 e. The molecule has 2 aromatic carbocycles. The molecule has 2 aromatic rings. The lowest BCUT2D eigenvalue weighted by Gasteiger charge is -2.18. The second kappa shape index (κ2) is 7.79. The van der Waals surface area contributed by atoms with Gasteiger partial charge in [0, 0.05) is 11.6 Å². The van der Waals surface area contributed by atoms with Crippen LogP contribution in [0.3, 0.4) is 0 Å². The van der Waals surface area contributed by atoms with Gasteiger partial charge in [0.25, 0.3) is 5.56 Å². The van der Waals surface area contributed by atoms with E-state index in [1.54, 1.807) is 0 Å². The number of hydrogen-bond acceptors (Lipinski definition) is 4. The molecule has 2 aliphatic rings. The summed E-state index contributed by atoms with van der Waals surface area (Å²) >= 11 is 5.96. The molecule has 0 saturated carbocycles. The number of fused-ring (bicyclic) bond motifs is 2. The van der Waals surface area contributed by atoms with E-state index in [4.69, 9.17) is 11.6 Å². The number of benzene rings is 2. The minimum atomic E-state index is -0.656. The van der Waals surface area contributed by atoms with Gasteiger partial charge in [0.1, 0.15) is 0 Å². The predicted octanol–water partition coefficient (Wildman–Crippen LogP) is 3.74. The van der Waals surface area contributed by atoms with Crippen LogP contribution >= 0.6 is 11.6 Å². The zero-order valence-corrected chi connectivity index (χ0v) is 17.1. The summed E-state index contributed by atoms with van der Waals surface area (Å²) in [5.41, 5.74) is 4.15. The molecule has 0 bridgehead atoms. The first-order valence-corrected chi connectivity index (χ1v) is 10.0. The summed E-state index contributed by atoms with van der Waals surface area (Å²) in [5.74, 6) is 0.325. The Morgan fingerprint density at radius 3 is 2.59 bits per heavy atom. The Morgan fingerprint density at radius 2 is 1.86 bits per heavy atom. The Labute approximate surface area is 172 Å². The molecule has 4 rings (SSSR count). The second-order valence-corrected chi connectivity index (χ2v) is 7.59. The molecule has 0 aliphatic carbocycles. The van der Waals surface area contributed by atoms with Crippen LogP contribution in [0.15, 0.2) is 46.0 Å². The third-order valence-electron chi connectivity index (χ3n) is 5.21. The molecule has 0 spiro atoms. The highest BCUT2D eigenvalue weighted by Gasteiger charge is 2.19. The Kier molecular flexibility index (Phi) is 5.20. The maximum Gasteiger partial charge on any atom is 0.349 e. The molecule has 1 N–H and O–H groups in total. The van der Waals surface area contributed by atoms with Crippen LogP contribution in [0.25, 0.3) is 22.6 Å². The van der Waals surface area contributed by atoms with Gasteiger partial charge in [-0.3, -0.25) is 9.78 Å². The Bertz CT molecular complexity index is 1280. The van der Waals surface area contributed by atoms with Crippen molar-refractivity contribution in [1.29, 1.82) is 0 Å². The molecule has 0 unspecified atom stereocenters. The van der Waals surface area contributed by atoms with Gasteiger partial charge >= 0.3 is 5.69 Å². The highest BCUT2D eigenvalue weighted by Crippen LogP contribution is 2.25. The van der Waals surface area contributed by atoms with Gasteiger partial charge in [0.05, 0.1) is 11.0 Å². The molecule has 148 valence electrons. The van der Waals surface area contributed by atoms with E-state index in [9.17, 15) is 9.59 Å². The van der Waals surface area contributed by atoms with Crippen molar-refractivity contribution in [3.05, 3.63) is 78.9 Å². The van der Waals surface area contributed by atoms with E-state index in [-0.39, 0.29) is 5.69 Å². The third kappa shape index (κ3) is 3.80. The maximum atomic E-state index is 12.4. The molecule has 2 aliphatic heterocycles. The molecule has 0 atom stereocenters.